The summed E-state index contributed by atoms with van der Waals surface area (Å²) in [6, 6.07) is 22.5. The first kappa shape index (κ1) is 21.9. The molecule has 1 unspecified atom stereocenters. The van der Waals surface area contributed by atoms with Crippen molar-refractivity contribution >= 4 is 52.1 Å². The fourth-order valence-corrected chi connectivity index (χ4v) is 7.27. The Kier molecular flexibility index (Phi) is 5.80. The molecular weight excluding hydrogens is 456 g/mol. The zero-order chi connectivity index (χ0) is 23.0. The molecule has 2 amide bonds. The van der Waals surface area contributed by atoms with Crippen molar-refractivity contribution in [3.63, 3.8) is 0 Å². The molecule has 3 aromatic carbocycles. The van der Waals surface area contributed by atoms with E-state index in [4.69, 9.17) is 0 Å². The van der Waals surface area contributed by atoms with Crippen molar-refractivity contribution in [2.24, 2.45) is 0 Å². The Balaban J connectivity index is 1.30. The molecular formula is C25H22N2O4S2. The van der Waals surface area contributed by atoms with Gasteiger partial charge in [0.05, 0.1) is 6.42 Å². The second-order valence-corrected chi connectivity index (χ2v) is 10.8. The third kappa shape index (κ3) is 4.09. The number of nitrogens with one attached hydrogen (secondary N) is 1. The first-order valence-corrected chi connectivity index (χ1v) is 12.5. The number of amides is 2. The maximum Gasteiger partial charge on any atom is 0.322 e. The van der Waals surface area contributed by atoms with Crippen LogP contribution in [-0.4, -0.2) is 56.3 Å². The summed E-state index contributed by atoms with van der Waals surface area (Å²) in [7, 11) is 0. The van der Waals surface area contributed by atoms with E-state index in [0.717, 1.165) is 21.2 Å². The van der Waals surface area contributed by atoms with Gasteiger partial charge in [-0.15, -0.1) is 23.5 Å². The molecule has 168 valence electrons. The topological polar surface area (TPSA) is 86.7 Å². The van der Waals surface area contributed by atoms with E-state index in [1.54, 1.807) is 4.90 Å². The molecule has 2 fully saturated rings. The first-order valence-electron chi connectivity index (χ1n) is 10.6. The van der Waals surface area contributed by atoms with Gasteiger partial charge in [0, 0.05) is 17.2 Å². The zero-order valence-electron chi connectivity index (χ0n) is 17.6. The van der Waals surface area contributed by atoms with Crippen LogP contribution in [0.2, 0.25) is 0 Å². The number of β-lactam (4-membered cyclic amide) rings is 1. The Bertz CT molecular complexity index is 1230. The average Bonchev–Trinajstić information content (AvgIpc) is 2.83. The van der Waals surface area contributed by atoms with E-state index in [1.807, 2.05) is 72.8 Å². The molecule has 3 aromatic rings. The number of hydrogen-bond acceptors (Lipinski definition) is 5. The quantitative estimate of drug-likeness (QED) is 0.528. The van der Waals surface area contributed by atoms with Gasteiger partial charge < -0.3 is 15.3 Å². The van der Waals surface area contributed by atoms with Gasteiger partial charge in [-0.2, -0.15) is 0 Å². The lowest BCUT2D eigenvalue weighted by atomic mass is 10.0. The van der Waals surface area contributed by atoms with Gasteiger partial charge in [0.25, 0.3) is 0 Å². The van der Waals surface area contributed by atoms with Crippen molar-refractivity contribution in [3.05, 3.63) is 78.4 Å². The maximum atomic E-state index is 12.9. The number of carbonyl (C=O) groups is 3. The Hall–Kier alpha value is -2.97. The van der Waals surface area contributed by atoms with Gasteiger partial charge in [-0.05, 0) is 22.4 Å². The number of carboxylic acids is 1. The summed E-state index contributed by atoms with van der Waals surface area (Å²) < 4.78 is -1.15. The summed E-state index contributed by atoms with van der Waals surface area (Å²) in [5.74, 6) is -1.02. The van der Waals surface area contributed by atoms with Crippen molar-refractivity contribution in [1.29, 1.82) is 0 Å². The second kappa shape index (κ2) is 8.76. The minimum absolute atomic E-state index is 0.109. The molecule has 5 rings (SSSR count). The highest BCUT2D eigenvalue weighted by atomic mass is 32.2. The first-order chi connectivity index (χ1) is 16.0. The highest BCUT2D eigenvalue weighted by molar-refractivity contribution is 8.05. The molecule has 8 heteroatoms. The number of rotatable bonds is 6. The Morgan fingerprint density at radius 1 is 1.06 bits per heavy atom. The summed E-state index contributed by atoms with van der Waals surface area (Å²) >= 11 is 2.73. The van der Waals surface area contributed by atoms with Gasteiger partial charge in [-0.1, -0.05) is 66.7 Å². The molecule has 2 aliphatic heterocycles. The van der Waals surface area contributed by atoms with Crippen LogP contribution in [0.1, 0.15) is 5.56 Å². The van der Waals surface area contributed by atoms with Crippen molar-refractivity contribution in [2.75, 3.05) is 12.3 Å². The maximum absolute atomic E-state index is 12.9. The molecule has 2 aliphatic rings. The molecule has 2 N–H and O–H groups in total. The largest absolute Gasteiger partial charge is 0.480 e. The highest BCUT2D eigenvalue weighted by Gasteiger charge is 2.58. The number of carbonyl (C=O) groups excluding carboxylic acids is 2. The van der Waals surface area contributed by atoms with Gasteiger partial charge >= 0.3 is 5.97 Å². The van der Waals surface area contributed by atoms with Crippen LogP contribution in [0, 0.1) is 0 Å². The summed E-state index contributed by atoms with van der Waals surface area (Å²) in [4.78, 5) is 40.2. The molecule has 0 aliphatic carbocycles. The molecule has 33 heavy (non-hydrogen) atoms. The van der Waals surface area contributed by atoms with Crippen LogP contribution >= 0.6 is 23.5 Å². The Morgan fingerprint density at radius 3 is 2.58 bits per heavy atom. The van der Waals surface area contributed by atoms with Crippen LogP contribution in [-0.2, 0) is 20.8 Å². The SMILES string of the molecule is O=C(Cc1ccccc1)N[C@@H]1C(=O)N2CC(Sc3cccc4ccccc34)(C(=O)O)CS[C@H]12. The second-order valence-electron chi connectivity index (χ2n) is 8.25. The van der Waals surface area contributed by atoms with Gasteiger partial charge in [0.2, 0.25) is 11.8 Å². The summed E-state index contributed by atoms with van der Waals surface area (Å²) in [5.41, 5.74) is 0.881. The van der Waals surface area contributed by atoms with E-state index in [9.17, 15) is 19.5 Å². The fraction of sp³-hybridized carbons (Fsp3) is 0.240. The number of carboxylic acid groups (broad SMARTS) is 1. The monoisotopic (exact) mass is 478 g/mol. The van der Waals surface area contributed by atoms with Crippen LogP contribution in [0.5, 0.6) is 0 Å². The normalized spacial score (nSPS) is 24.1. The predicted octanol–water partition coefficient (Wildman–Crippen LogP) is 3.40. The minimum atomic E-state index is -1.15. The minimum Gasteiger partial charge on any atom is -0.480 e. The molecule has 0 radical (unpaired) electrons. The smallest absolute Gasteiger partial charge is 0.322 e. The van der Waals surface area contributed by atoms with Crippen molar-refractivity contribution in [1.82, 2.24) is 10.2 Å². The van der Waals surface area contributed by atoms with Crippen molar-refractivity contribution in [2.45, 2.75) is 27.5 Å². The van der Waals surface area contributed by atoms with E-state index < -0.39 is 16.8 Å². The molecule has 0 spiro atoms. The van der Waals surface area contributed by atoms with Gasteiger partial charge in [-0.25, -0.2) is 0 Å². The van der Waals surface area contributed by atoms with Crippen molar-refractivity contribution < 1.29 is 19.5 Å². The lowest BCUT2D eigenvalue weighted by molar-refractivity contribution is -0.152. The number of aliphatic carboxylic acids is 1. The molecule has 0 bridgehead atoms. The number of benzene rings is 3. The fourth-order valence-electron chi connectivity index (χ4n) is 4.29. The number of thioether (sulfide) groups is 2. The molecule has 2 heterocycles. The van der Waals surface area contributed by atoms with Crippen LogP contribution in [0.25, 0.3) is 10.8 Å². The molecule has 0 aromatic heterocycles. The summed E-state index contributed by atoms with van der Waals surface area (Å²) in [5, 5.41) is 14.8. The Labute approximate surface area is 199 Å². The number of fused-ring (bicyclic) bond motifs is 2. The van der Waals surface area contributed by atoms with E-state index >= 15 is 0 Å². The zero-order valence-corrected chi connectivity index (χ0v) is 19.3. The number of nitrogens with zero attached hydrogens (tertiary/aromatic N) is 1. The van der Waals surface area contributed by atoms with E-state index in [-0.39, 0.29) is 30.2 Å². The lowest BCUT2D eigenvalue weighted by Gasteiger charge is -2.53. The third-order valence-electron chi connectivity index (χ3n) is 6.02. The van der Waals surface area contributed by atoms with Gasteiger partial charge in [0.1, 0.15) is 16.2 Å². The lowest BCUT2D eigenvalue weighted by Crippen LogP contribution is -2.74. The molecule has 0 saturated carbocycles. The van der Waals surface area contributed by atoms with Crippen LogP contribution in [0.3, 0.4) is 0 Å². The number of hydrogen-bond donors (Lipinski definition) is 2. The van der Waals surface area contributed by atoms with Crippen LogP contribution in [0.4, 0.5) is 0 Å². The standard InChI is InChI=1S/C25H22N2O4S2/c28-20(13-16-7-2-1-3-8-16)26-21-22(29)27-14-25(24(30)31,15-32-23(21)27)33-19-12-6-10-17-9-4-5-11-18(17)19/h1-12,21,23H,13-15H2,(H,26,28)(H,30,31)/t21-,23-,25?/m1/s1. The van der Waals surface area contributed by atoms with E-state index in [0.29, 0.717) is 5.75 Å². The van der Waals surface area contributed by atoms with Gasteiger partial charge in [0.15, 0.2) is 0 Å². The summed E-state index contributed by atoms with van der Waals surface area (Å²) in [6.07, 6.45) is 0.206. The van der Waals surface area contributed by atoms with E-state index in [1.165, 1.54) is 23.5 Å². The van der Waals surface area contributed by atoms with Gasteiger partial charge in [-0.3, -0.25) is 14.4 Å². The van der Waals surface area contributed by atoms with Crippen molar-refractivity contribution in [3.8, 4) is 0 Å². The predicted molar refractivity (Wildman–Crippen MR) is 130 cm³/mol. The van der Waals surface area contributed by atoms with E-state index in [2.05, 4.69) is 5.32 Å². The Morgan fingerprint density at radius 2 is 1.79 bits per heavy atom. The molecule has 6 nitrogen and oxygen atoms in total. The van der Waals surface area contributed by atoms with Crippen LogP contribution in [0.15, 0.2) is 77.7 Å². The average molecular weight is 479 g/mol. The van der Waals surface area contributed by atoms with Crippen LogP contribution < -0.4 is 5.32 Å². The molecule has 3 atom stereocenters. The third-order valence-corrected chi connectivity index (χ3v) is 9.15. The summed E-state index contributed by atoms with van der Waals surface area (Å²) in [6.45, 7) is 0.109. The highest BCUT2D eigenvalue weighted by Crippen LogP contribution is 2.47. The molecule has 2 saturated heterocycles.